The smallest absolute Gasteiger partial charge is 0.242 e. The number of ketones is 1. The second kappa shape index (κ2) is 5.86. The molecule has 5 heteroatoms. The van der Waals surface area contributed by atoms with Crippen LogP contribution in [-0.4, -0.2) is 33.6 Å². The van der Waals surface area contributed by atoms with Gasteiger partial charge in [0.1, 0.15) is 19.0 Å². The van der Waals surface area contributed by atoms with Crippen LogP contribution in [0.5, 0.6) is 5.75 Å². The Morgan fingerprint density at radius 1 is 1.16 bits per heavy atom. The van der Waals surface area contributed by atoms with E-state index in [2.05, 4.69) is 19.6 Å². The predicted molar refractivity (Wildman–Crippen MR) is 74.8 cm³/mol. The van der Waals surface area contributed by atoms with Crippen molar-refractivity contribution in [3.63, 3.8) is 0 Å². The van der Waals surface area contributed by atoms with Gasteiger partial charge in [-0.1, -0.05) is 12.1 Å². The maximum absolute atomic E-state index is 11.0. The van der Waals surface area contributed by atoms with Gasteiger partial charge in [-0.2, -0.15) is 0 Å². The molecule has 0 radical (unpaired) electrons. The molecule has 1 aliphatic heterocycles. The molecule has 0 spiro atoms. The molecule has 1 saturated heterocycles. The molecule has 1 aromatic rings. The van der Waals surface area contributed by atoms with Gasteiger partial charge in [0.25, 0.3) is 0 Å². The lowest BCUT2D eigenvalue weighted by atomic mass is 10.1. The summed E-state index contributed by atoms with van der Waals surface area (Å²) >= 11 is 0. The number of benzene rings is 1. The molecular formula is C14H20O4Si. The Kier molecular flexibility index (Phi) is 4.39. The van der Waals surface area contributed by atoms with Crippen molar-refractivity contribution in [2.45, 2.75) is 32.4 Å². The van der Waals surface area contributed by atoms with Gasteiger partial charge in [-0.25, -0.2) is 0 Å². The van der Waals surface area contributed by atoms with Crippen molar-refractivity contribution in [3.8, 4) is 5.75 Å². The third kappa shape index (κ3) is 4.78. The zero-order valence-corrected chi connectivity index (χ0v) is 12.6. The number of ether oxygens (including phenoxy) is 2. The lowest BCUT2D eigenvalue weighted by Crippen LogP contribution is -2.33. The second-order valence-corrected chi connectivity index (χ2v) is 10.1. The van der Waals surface area contributed by atoms with Crippen LogP contribution in [0, 0.1) is 0 Å². The lowest BCUT2D eigenvalue weighted by Gasteiger charge is -2.23. The number of rotatable bonds is 4. The molecule has 1 aliphatic rings. The van der Waals surface area contributed by atoms with E-state index in [1.165, 1.54) is 0 Å². The molecule has 0 N–H and O–H groups in total. The van der Waals surface area contributed by atoms with Crippen molar-refractivity contribution < 1.29 is 18.7 Å². The van der Waals surface area contributed by atoms with E-state index in [4.69, 9.17) is 13.9 Å². The summed E-state index contributed by atoms with van der Waals surface area (Å²) in [5, 5.41) is 0. The molecule has 1 fully saturated rings. The SMILES string of the molecule is C[Si](C)(C)Oc1ccc(CC2OCC(=O)CO2)cc1. The standard InChI is InChI=1S/C14H20O4Si/c1-19(2,3)18-13-6-4-11(5-7-13)8-14-16-9-12(15)10-17-14/h4-7,14H,8-10H2,1-3H3. The number of hydrogen-bond donors (Lipinski definition) is 0. The highest BCUT2D eigenvalue weighted by Gasteiger charge is 2.20. The molecule has 4 nitrogen and oxygen atoms in total. The molecular weight excluding hydrogens is 260 g/mol. The van der Waals surface area contributed by atoms with E-state index in [9.17, 15) is 4.79 Å². The fraction of sp³-hybridized carbons (Fsp3) is 0.500. The van der Waals surface area contributed by atoms with Crippen molar-refractivity contribution >= 4 is 14.1 Å². The summed E-state index contributed by atoms with van der Waals surface area (Å²) in [4.78, 5) is 11.0. The molecule has 0 atom stereocenters. The highest BCUT2D eigenvalue weighted by molar-refractivity contribution is 6.70. The Balaban J connectivity index is 1.90. The summed E-state index contributed by atoms with van der Waals surface area (Å²) in [5.41, 5.74) is 1.11. The molecule has 2 rings (SSSR count). The Bertz CT molecular complexity index is 426. The Morgan fingerprint density at radius 3 is 2.26 bits per heavy atom. The quantitative estimate of drug-likeness (QED) is 0.794. The van der Waals surface area contributed by atoms with Gasteiger partial charge in [0.05, 0.1) is 0 Å². The van der Waals surface area contributed by atoms with E-state index in [0.29, 0.717) is 6.42 Å². The minimum atomic E-state index is -1.55. The van der Waals surface area contributed by atoms with Crippen LogP contribution in [0.2, 0.25) is 19.6 Å². The first-order valence-corrected chi connectivity index (χ1v) is 9.86. The highest BCUT2D eigenvalue weighted by atomic mass is 28.4. The normalized spacial score (nSPS) is 17.5. The minimum Gasteiger partial charge on any atom is -0.544 e. The van der Waals surface area contributed by atoms with Crippen LogP contribution in [0.3, 0.4) is 0 Å². The Labute approximate surface area is 114 Å². The fourth-order valence-electron chi connectivity index (χ4n) is 1.82. The lowest BCUT2D eigenvalue weighted by molar-refractivity contribution is -0.185. The van der Waals surface area contributed by atoms with Crippen molar-refractivity contribution in [1.29, 1.82) is 0 Å². The topological polar surface area (TPSA) is 44.8 Å². The average molecular weight is 280 g/mol. The number of Topliss-reactive ketones (excluding diaryl/α,β-unsaturated/α-hetero) is 1. The van der Waals surface area contributed by atoms with Crippen LogP contribution in [0.25, 0.3) is 0 Å². The van der Waals surface area contributed by atoms with E-state index >= 15 is 0 Å². The van der Waals surface area contributed by atoms with Crippen molar-refractivity contribution in [3.05, 3.63) is 29.8 Å². The zero-order valence-electron chi connectivity index (χ0n) is 11.6. The summed E-state index contributed by atoms with van der Waals surface area (Å²) in [7, 11) is -1.55. The molecule has 1 aromatic carbocycles. The molecule has 0 unspecified atom stereocenters. The van der Waals surface area contributed by atoms with Crippen LogP contribution in [0.1, 0.15) is 5.56 Å². The number of carbonyl (C=O) groups is 1. The third-order valence-corrected chi connectivity index (χ3v) is 3.46. The van der Waals surface area contributed by atoms with Crippen LogP contribution in [-0.2, 0) is 20.7 Å². The first kappa shape index (κ1) is 14.2. The van der Waals surface area contributed by atoms with E-state index in [1.807, 2.05) is 24.3 Å². The van der Waals surface area contributed by atoms with Gasteiger partial charge in [-0.3, -0.25) is 4.79 Å². The summed E-state index contributed by atoms with van der Waals surface area (Å²) < 4.78 is 16.5. The summed E-state index contributed by atoms with van der Waals surface area (Å²) in [6, 6.07) is 7.97. The van der Waals surface area contributed by atoms with Gasteiger partial charge in [-0.05, 0) is 37.3 Å². The van der Waals surface area contributed by atoms with Gasteiger partial charge >= 0.3 is 0 Å². The predicted octanol–water partition coefficient (Wildman–Crippen LogP) is 2.38. The van der Waals surface area contributed by atoms with Gasteiger partial charge < -0.3 is 13.9 Å². The van der Waals surface area contributed by atoms with Gasteiger partial charge in [0.2, 0.25) is 8.32 Å². The first-order chi connectivity index (χ1) is 8.92. The van der Waals surface area contributed by atoms with Crippen LogP contribution >= 0.6 is 0 Å². The van der Waals surface area contributed by atoms with E-state index in [1.54, 1.807) is 0 Å². The monoisotopic (exact) mass is 280 g/mol. The average Bonchev–Trinajstić information content (AvgIpc) is 2.33. The third-order valence-electron chi connectivity index (χ3n) is 2.61. The zero-order chi connectivity index (χ0) is 13.9. The van der Waals surface area contributed by atoms with Gasteiger partial charge in [-0.15, -0.1) is 0 Å². The molecule has 0 amide bonds. The maximum atomic E-state index is 11.0. The molecule has 104 valence electrons. The highest BCUT2D eigenvalue weighted by Crippen LogP contribution is 2.18. The summed E-state index contributed by atoms with van der Waals surface area (Å²) in [5.74, 6) is 0.902. The Morgan fingerprint density at radius 2 is 1.74 bits per heavy atom. The van der Waals surface area contributed by atoms with Crippen molar-refractivity contribution in [2.75, 3.05) is 13.2 Å². The molecule has 0 aromatic heterocycles. The van der Waals surface area contributed by atoms with Crippen molar-refractivity contribution in [1.82, 2.24) is 0 Å². The molecule has 19 heavy (non-hydrogen) atoms. The number of carbonyl (C=O) groups excluding carboxylic acids is 1. The largest absolute Gasteiger partial charge is 0.544 e. The fourth-order valence-corrected chi connectivity index (χ4v) is 2.66. The van der Waals surface area contributed by atoms with E-state index < -0.39 is 8.32 Å². The second-order valence-electron chi connectivity index (χ2n) is 5.65. The van der Waals surface area contributed by atoms with E-state index in [0.717, 1.165) is 11.3 Å². The van der Waals surface area contributed by atoms with Crippen LogP contribution in [0.15, 0.2) is 24.3 Å². The summed E-state index contributed by atoms with van der Waals surface area (Å²) in [6.45, 7) is 6.77. The van der Waals surface area contributed by atoms with Gasteiger partial charge in [0, 0.05) is 6.42 Å². The van der Waals surface area contributed by atoms with E-state index in [-0.39, 0.29) is 25.3 Å². The van der Waals surface area contributed by atoms with Crippen LogP contribution < -0.4 is 4.43 Å². The molecule has 0 aliphatic carbocycles. The van der Waals surface area contributed by atoms with Crippen LogP contribution in [0.4, 0.5) is 0 Å². The molecule has 1 heterocycles. The Hall–Kier alpha value is -1.17. The first-order valence-electron chi connectivity index (χ1n) is 6.45. The number of hydrogen-bond acceptors (Lipinski definition) is 4. The maximum Gasteiger partial charge on any atom is 0.242 e. The van der Waals surface area contributed by atoms with Crippen molar-refractivity contribution in [2.24, 2.45) is 0 Å². The molecule has 0 bridgehead atoms. The molecule has 0 saturated carbocycles. The summed E-state index contributed by atoms with van der Waals surface area (Å²) in [6.07, 6.45) is 0.335. The minimum absolute atomic E-state index is 0.00451. The van der Waals surface area contributed by atoms with Gasteiger partial charge in [0.15, 0.2) is 12.1 Å².